The van der Waals surface area contributed by atoms with Crippen LogP contribution in [0.15, 0.2) is 6.33 Å². The Hall–Kier alpha value is -2.61. The van der Waals surface area contributed by atoms with Crippen molar-refractivity contribution in [2.75, 3.05) is 7.11 Å². The van der Waals surface area contributed by atoms with Crippen LogP contribution >= 0.6 is 0 Å². The molecule has 1 aromatic rings. The Morgan fingerprint density at radius 1 is 1.50 bits per heavy atom. The quantitative estimate of drug-likeness (QED) is 0.310. The van der Waals surface area contributed by atoms with Crippen molar-refractivity contribution in [2.24, 2.45) is 0 Å². The van der Waals surface area contributed by atoms with Gasteiger partial charge >= 0.3 is 16.3 Å². The van der Waals surface area contributed by atoms with Crippen LogP contribution in [0.4, 0.5) is 0 Å². The average Bonchev–Trinajstić information content (AvgIpc) is 2.92. The molecule has 2 N–H and O–H groups in total. The summed E-state index contributed by atoms with van der Waals surface area (Å²) in [6, 6.07) is -3.15. The molecule has 0 aromatic carbocycles. The number of amides is 2. The maximum Gasteiger partial charge on any atom is 0.363 e. The van der Waals surface area contributed by atoms with Crippen molar-refractivity contribution in [3.63, 3.8) is 0 Å². The number of ether oxygens (including phenoxy) is 1. The molecule has 13 nitrogen and oxygen atoms in total. The number of hydrogen-bond acceptors (Lipinski definition) is 9. The molecule has 0 bridgehead atoms. The number of methoxy groups -OCH3 is 1. The van der Waals surface area contributed by atoms with Crippen LogP contribution in [0.2, 0.25) is 0 Å². The highest BCUT2D eigenvalue weighted by molar-refractivity contribution is 7.84. The number of hydrogen-bond donors (Lipinski definition) is 2. The van der Waals surface area contributed by atoms with E-state index < -0.39 is 40.2 Å². The Morgan fingerprint density at radius 3 is 2.68 bits per heavy atom. The molecule has 1 aromatic heterocycles. The zero-order valence-corrected chi connectivity index (χ0v) is 11.8. The Labute approximate surface area is 123 Å². The standard InChI is InChI=1S/C8H10N6O7S/c1-21-8(17)6-5(7(16)14(6)22(18,19)20)10-4(15)2-13-3-9-11-12-13/h3,5-6H,2H2,1H3,(H,10,15)(H,18,19,20). The van der Waals surface area contributed by atoms with Gasteiger partial charge < -0.3 is 10.1 Å². The molecule has 0 saturated carbocycles. The Balaban J connectivity index is 2.11. The summed E-state index contributed by atoms with van der Waals surface area (Å²) in [6.45, 7) is -0.351. The fraction of sp³-hybridized carbons (Fsp3) is 0.500. The van der Waals surface area contributed by atoms with Crippen LogP contribution in [0.5, 0.6) is 0 Å². The van der Waals surface area contributed by atoms with Gasteiger partial charge in [0.15, 0.2) is 6.04 Å². The number of rotatable bonds is 5. The molecule has 2 amide bonds. The SMILES string of the molecule is COC(=O)C1C(NC(=O)Cn2cnnn2)C(=O)N1S(=O)(=O)O. The predicted molar refractivity (Wildman–Crippen MR) is 63.9 cm³/mol. The van der Waals surface area contributed by atoms with Gasteiger partial charge in [0.25, 0.3) is 5.91 Å². The molecule has 1 saturated heterocycles. The zero-order valence-electron chi connectivity index (χ0n) is 11.0. The van der Waals surface area contributed by atoms with E-state index in [2.05, 4.69) is 25.6 Å². The maximum atomic E-state index is 11.7. The van der Waals surface area contributed by atoms with Crippen LogP contribution in [0, 0.1) is 0 Å². The van der Waals surface area contributed by atoms with E-state index in [4.69, 9.17) is 4.55 Å². The van der Waals surface area contributed by atoms with Crippen molar-refractivity contribution < 1.29 is 32.1 Å². The number of esters is 1. The number of β-lactam (4-membered cyclic amide) rings is 1. The van der Waals surface area contributed by atoms with Gasteiger partial charge in [0.1, 0.15) is 18.9 Å². The van der Waals surface area contributed by atoms with Crippen LogP contribution < -0.4 is 5.32 Å². The van der Waals surface area contributed by atoms with Gasteiger partial charge in [-0.15, -0.1) is 5.10 Å². The lowest BCUT2D eigenvalue weighted by Gasteiger charge is -2.41. The third-order valence-corrected chi connectivity index (χ3v) is 3.66. The van der Waals surface area contributed by atoms with Crippen molar-refractivity contribution in [1.82, 2.24) is 29.8 Å². The first-order chi connectivity index (χ1) is 10.3. The monoisotopic (exact) mass is 334 g/mol. The molecule has 0 radical (unpaired) electrons. The summed E-state index contributed by atoms with van der Waals surface area (Å²) in [6.07, 6.45) is 1.14. The van der Waals surface area contributed by atoms with Crippen molar-refractivity contribution >= 4 is 28.1 Å². The molecular formula is C8H10N6O7S. The van der Waals surface area contributed by atoms with Crippen LogP contribution in [-0.4, -0.2) is 74.5 Å². The second kappa shape index (κ2) is 5.64. The summed E-state index contributed by atoms with van der Waals surface area (Å²) in [7, 11) is -3.98. The molecule has 14 heteroatoms. The summed E-state index contributed by atoms with van der Waals surface area (Å²) >= 11 is 0. The molecule has 0 spiro atoms. The fourth-order valence-corrected chi connectivity index (χ4v) is 2.67. The van der Waals surface area contributed by atoms with E-state index in [1.165, 1.54) is 0 Å². The van der Waals surface area contributed by atoms with Gasteiger partial charge in [-0.2, -0.15) is 12.7 Å². The van der Waals surface area contributed by atoms with E-state index in [0.717, 1.165) is 18.1 Å². The van der Waals surface area contributed by atoms with E-state index in [1.54, 1.807) is 0 Å². The molecule has 2 unspecified atom stereocenters. The predicted octanol–water partition coefficient (Wildman–Crippen LogP) is -3.66. The minimum absolute atomic E-state index is 0.0686. The van der Waals surface area contributed by atoms with Gasteiger partial charge in [0.2, 0.25) is 5.91 Å². The molecule has 22 heavy (non-hydrogen) atoms. The first-order valence-electron chi connectivity index (χ1n) is 5.64. The molecule has 2 rings (SSSR count). The van der Waals surface area contributed by atoms with E-state index >= 15 is 0 Å². The second-order valence-corrected chi connectivity index (χ2v) is 5.42. The highest BCUT2D eigenvalue weighted by Gasteiger charge is 2.58. The smallest absolute Gasteiger partial charge is 0.363 e. The second-order valence-electron chi connectivity index (χ2n) is 4.13. The van der Waals surface area contributed by atoms with Gasteiger partial charge in [-0.1, -0.05) is 0 Å². The summed E-state index contributed by atoms with van der Waals surface area (Å²) in [5, 5.41) is 12.2. The van der Waals surface area contributed by atoms with E-state index in [9.17, 15) is 22.8 Å². The van der Waals surface area contributed by atoms with Crippen LogP contribution in [0.3, 0.4) is 0 Å². The number of carbonyl (C=O) groups excluding carboxylic acids is 3. The minimum atomic E-state index is -4.94. The molecular weight excluding hydrogens is 324 g/mol. The van der Waals surface area contributed by atoms with Gasteiger partial charge in [0.05, 0.1) is 7.11 Å². The molecule has 1 fully saturated rings. The summed E-state index contributed by atoms with van der Waals surface area (Å²) in [5.74, 6) is -3.01. The van der Waals surface area contributed by atoms with E-state index in [-0.39, 0.29) is 10.8 Å². The van der Waals surface area contributed by atoms with Gasteiger partial charge in [-0.25, -0.2) is 9.48 Å². The highest BCUT2D eigenvalue weighted by Crippen LogP contribution is 2.24. The topological polar surface area (TPSA) is 174 Å². The summed E-state index contributed by atoms with van der Waals surface area (Å²) in [5.41, 5.74) is 0. The fourth-order valence-electron chi connectivity index (χ4n) is 1.83. The van der Waals surface area contributed by atoms with Gasteiger partial charge in [0, 0.05) is 0 Å². The lowest BCUT2D eigenvalue weighted by atomic mass is 9.99. The molecule has 1 aliphatic heterocycles. The Bertz CT molecular complexity index is 701. The molecule has 2 heterocycles. The maximum absolute atomic E-state index is 11.7. The third kappa shape index (κ3) is 2.86. The Kier molecular flexibility index (Phi) is 4.05. The van der Waals surface area contributed by atoms with Gasteiger partial charge in [-0.05, 0) is 10.4 Å². The van der Waals surface area contributed by atoms with Crippen molar-refractivity contribution in [2.45, 2.75) is 18.6 Å². The van der Waals surface area contributed by atoms with E-state index in [0.29, 0.717) is 0 Å². The number of nitrogens with zero attached hydrogens (tertiary/aromatic N) is 5. The molecule has 1 aliphatic rings. The number of carbonyl (C=O) groups is 3. The summed E-state index contributed by atoms with van der Waals surface area (Å²) in [4.78, 5) is 34.9. The van der Waals surface area contributed by atoms with Crippen LogP contribution in [0.25, 0.3) is 0 Å². The van der Waals surface area contributed by atoms with Crippen LogP contribution in [-0.2, 0) is 36.0 Å². The average molecular weight is 334 g/mol. The normalized spacial score (nSPS) is 21.2. The Morgan fingerprint density at radius 2 is 2.18 bits per heavy atom. The van der Waals surface area contributed by atoms with Gasteiger partial charge in [-0.3, -0.25) is 14.1 Å². The lowest BCUT2D eigenvalue weighted by molar-refractivity contribution is -0.162. The van der Waals surface area contributed by atoms with Crippen molar-refractivity contribution in [3.05, 3.63) is 6.33 Å². The van der Waals surface area contributed by atoms with Crippen molar-refractivity contribution in [3.8, 4) is 0 Å². The number of tetrazole rings is 1. The molecule has 0 aliphatic carbocycles. The minimum Gasteiger partial charge on any atom is -0.467 e. The number of aromatic nitrogens is 4. The zero-order chi connectivity index (χ0) is 16.5. The lowest BCUT2D eigenvalue weighted by Crippen LogP contribution is -2.74. The number of nitrogens with one attached hydrogen (secondary N) is 1. The largest absolute Gasteiger partial charge is 0.467 e. The van der Waals surface area contributed by atoms with Crippen molar-refractivity contribution in [1.29, 1.82) is 0 Å². The van der Waals surface area contributed by atoms with Crippen LogP contribution in [0.1, 0.15) is 0 Å². The third-order valence-electron chi connectivity index (χ3n) is 2.76. The van der Waals surface area contributed by atoms with E-state index in [1.807, 2.05) is 0 Å². The molecule has 120 valence electrons. The highest BCUT2D eigenvalue weighted by atomic mass is 32.2. The summed E-state index contributed by atoms with van der Waals surface area (Å²) < 4.78 is 36.3. The first-order valence-corrected chi connectivity index (χ1v) is 7.04. The molecule has 2 atom stereocenters. The first kappa shape index (κ1) is 15.8.